The Bertz CT molecular complexity index is 560. The molecule has 3 saturated carbocycles. The van der Waals surface area contributed by atoms with Gasteiger partial charge in [-0.3, -0.25) is 9.59 Å². The van der Waals surface area contributed by atoms with E-state index in [1.807, 2.05) is 6.08 Å². The van der Waals surface area contributed by atoms with Gasteiger partial charge in [0.1, 0.15) is 5.78 Å². The van der Waals surface area contributed by atoms with Crippen LogP contribution in [0.5, 0.6) is 0 Å². The second-order valence-corrected chi connectivity index (χ2v) is 8.74. The van der Waals surface area contributed by atoms with Crippen LogP contribution in [0.4, 0.5) is 0 Å². The summed E-state index contributed by atoms with van der Waals surface area (Å²) in [6.45, 7) is 4.67. The average Bonchev–Trinajstić information content (AvgIpc) is 2.49. The van der Waals surface area contributed by atoms with E-state index in [0.717, 1.165) is 38.5 Å². The Balaban J connectivity index is 1.70. The SMILES string of the molecule is C[C@]12CCC(=O)C=C1CC[C@@H]1C2CC[C@]2(C)C(=O)CCCC12. The summed E-state index contributed by atoms with van der Waals surface area (Å²) >= 11 is 0. The topological polar surface area (TPSA) is 34.1 Å². The van der Waals surface area contributed by atoms with Crippen LogP contribution in [0.3, 0.4) is 0 Å². The molecule has 0 heterocycles. The van der Waals surface area contributed by atoms with Crippen molar-refractivity contribution < 1.29 is 9.59 Å². The van der Waals surface area contributed by atoms with E-state index in [9.17, 15) is 9.59 Å². The molecule has 3 fully saturated rings. The third-order valence-corrected chi connectivity index (χ3v) is 7.91. The lowest BCUT2D eigenvalue weighted by atomic mass is 9.45. The molecule has 2 heteroatoms. The van der Waals surface area contributed by atoms with E-state index < -0.39 is 0 Å². The van der Waals surface area contributed by atoms with Crippen molar-refractivity contribution in [2.24, 2.45) is 28.6 Å². The molecule has 0 radical (unpaired) electrons. The Morgan fingerprint density at radius 2 is 1.68 bits per heavy atom. The van der Waals surface area contributed by atoms with Crippen LogP contribution in [0.1, 0.15) is 71.6 Å². The predicted octanol–water partition coefficient (Wildman–Crippen LogP) is 4.48. The van der Waals surface area contributed by atoms with Crippen molar-refractivity contribution in [3.05, 3.63) is 11.6 Å². The number of hydrogen-bond donors (Lipinski definition) is 0. The van der Waals surface area contributed by atoms with Crippen molar-refractivity contribution in [1.82, 2.24) is 0 Å². The summed E-state index contributed by atoms with van der Waals surface area (Å²) in [4.78, 5) is 24.4. The smallest absolute Gasteiger partial charge is 0.155 e. The van der Waals surface area contributed by atoms with Crippen molar-refractivity contribution in [2.75, 3.05) is 0 Å². The fourth-order valence-corrected chi connectivity index (χ4v) is 6.53. The van der Waals surface area contributed by atoms with Crippen LogP contribution in [0.2, 0.25) is 0 Å². The summed E-state index contributed by atoms with van der Waals surface area (Å²) < 4.78 is 0. The zero-order valence-corrected chi connectivity index (χ0v) is 14.0. The zero-order valence-electron chi connectivity index (χ0n) is 14.0. The van der Waals surface area contributed by atoms with Gasteiger partial charge in [0.05, 0.1) is 0 Å². The summed E-state index contributed by atoms with van der Waals surface area (Å²) in [5, 5.41) is 0. The van der Waals surface area contributed by atoms with Gasteiger partial charge in [-0.25, -0.2) is 0 Å². The van der Waals surface area contributed by atoms with Crippen LogP contribution >= 0.6 is 0 Å². The largest absolute Gasteiger partial charge is 0.299 e. The van der Waals surface area contributed by atoms with Crippen LogP contribution in [-0.2, 0) is 9.59 Å². The molecular weight excluding hydrogens is 272 g/mol. The van der Waals surface area contributed by atoms with Crippen LogP contribution < -0.4 is 0 Å². The lowest BCUT2D eigenvalue weighted by molar-refractivity contribution is -0.146. The highest BCUT2D eigenvalue weighted by Gasteiger charge is 2.57. The minimum atomic E-state index is -0.0402. The lowest BCUT2D eigenvalue weighted by Crippen LogP contribution is -2.54. The van der Waals surface area contributed by atoms with Gasteiger partial charge in [-0.2, -0.15) is 0 Å². The number of hydrogen-bond acceptors (Lipinski definition) is 2. The van der Waals surface area contributed by atoms with Crippen LogP contribution in [0.25, 0.3) is 0 Å². The van der Waals surface area contributed by atoms with Gasteiger partial charge in [0.25, 0.3) is 0 Å². The van der Waals surface area contributed by atoms with E-state index >= 15 is 0 Å². The van der Waals surface area contributed by atoms with E-state index in [-0.39, 0.29) is 10.8 Å². The Hall–Kier alpha value is -0.920. The molecule has 0 spiro atoms. The molecule has 0 aliphatic heterocycles. The normalized spacial score (nSPS) is 48.1. The maximum Gasteiger partial charge on any atom is 0.155 e. The molecule has 4 rings (SSSR count). The molecule has 120 valence electrons. The molecule has 22 heavy (non-hydrogen) atoms. The Labute approximate surface area is 133 Å². The zero-order chi connectivity index (χ0) is 15.5. The van der Waals surface area contributed by atoms with Crippen LogP contribution in [-0.4, -0.2) is 11.6 Å². The summed E-state index contributed by atoms with van der Waals surface area (Å²) in [5.41, 5.74) is 1.62. The predicted molar refractivity (Wildman–Crippen MR) is 86.3 cm³/mol. The second-order valence-electron chi connectivity index (χ2n) is 8.74. The fourth-order valence-electron chi connectivity index (χ4n) is 6.53. The minimum absolute atomic E-state index is 0.0402. The van der Waals surface area contributed by atoms with Gasteiger partial charge >= 0.3 is 0 Å². The highest BCUT2D eigenvalue weighted by molar-refractivity contribution is 5.91. The van der Waals surface area contributed by atoms with E-state index in [1.165, 1.54) is 24.8 Å². The second kappa shape index (κ2) is 4.79. The van der Waals surface area contributed by atoms with Crippen molar-refractivity contribution >= 4 is 11.6 Å². The highest BCUT2D eigenvalue weighted by atomic mass is 16.1. The monoisotopic (exact) mass is 300 g/mol. The molecule has 0 saturated heterocycles. The number of Topliss-reactive ketones (excluding diaryl/α,β-unsaturated/α-hetero) is 1. The van der Waals surface area contributed by atoms with Crippen LogP contribution in [0, 0.1) is 28.6 Å². The first kappa shape index (κ1) is 14.7. The quantitative estimate of drug-likeness (QED) is 0.661. The van der Waals surface area contributed by atoms with E-state index in [4.69, 9.17) is 0 Å². The third-order valence-electron chi connectivity index (χ3n) is 7.91. The Kier molecular flexibility index (Phi) is 3.19. The molecule has 2 unspecified atom stereocenters. The summed E-state index contributed by atoms with van der Waals surface area (Å²) in [5.74, 6) is 2.87. The number of rotatable bonds is 0. The molecule has 0 amide bonds. The minimum Gasteiger partial charge on any atom is -0.299 e. The van der Waals surface area contributed by atoms with Gasteiger partial charge in [-0.1, -0.05) is 19.4 Å². The van der Waals surface area contributed by atoms with Crippen molar-refractivity contribution in [1.29, 1.82) is 0 Å². The summed E-state index contributed by atoms with van der Waals surface area (Å²) in [7, 11) is 0. The molecule has 0 bridgehead atoms. The van der Waals surface area contributed by atoms with Gasteiger partial charge in [-0.05, 0) is 74.2 Å². The van der Waals surface area contributed by atoms with Crippen molar-refractivity contribution in [3.63, 3.8) is 0 Å². The Morgan fingerprint density at radius 3 is 2.50 bits per heavy atom. The fraction of sp³-hybridized carbons (Fsp3) is 0.800. The first-order chi connectivity index (χ1) is 10.4. The maximum atomic E-state index is 12.6. The van der Waals surface area contributed by atoms with Gasteiger partial charge in [-0.15, -0.1) is 0 Å². The van der Waals surface area contributed by atoms with Crippen molar-refractivity contribution in [3.8, 4) is 0 Å². The third kappa shape index (κ3) is 1.85. The van der Waals surface area contributed by atoms with Crippen molar-refractivity contribution in [2.45, 2.75) is 71.6 Å². The molecular formula is C20H28O2. The number of allylic oxidation sites excluding steroid dienone is 2. The molecule has 2 nitrogen and oxygen atoms in total. The Morgan fingerprint density at radius 1 is 0.909 bits per heavy atom. The number of carbonyl (C=O) groups excluding carboxylic acids is 2. The number of ketones is 2. The molecule has 4 aliphatic rings. The van der Waals surface area contributed by atoms with E-state index in [1.54, 1.807) is 0 Å². The van der Waals surface area contributed by atoms with Gasteiger partial charge < -0.3 is 0 Å². The standard InChI is InChI=1S/C20H28O2/c1-19-10-8-14(21)12-13(19)6-7-15-16-4-3-5-18(22)20(16,2)11-9-17(15)19/h12,15-17H,3-11H2,1-2H3/t15-,16?,17?,19-,20-/m0/s1. The van der Waals surface area contributed by atoms with Gasteiger partial charge in [0.15, 0.2) is 5.78 Å². The average molecular weight is 300 g/mol. The maximum absolute atomic E-state index is 12.6. The van der Waals surface area contributed by atoms with E-state index in [0.29, 0.717) is 29.3 Å². The van der Waals surface area contributed by atoms with Gasteiger partial charge in [0.2, 0.25) is 0 Å². The first-order valence-corrected chi connectivity index (χ1v) is 9.22. The molecule has 0 N–H and O–H groups in total. The molecule has 0 aromatic rings. The highest BCUT2D eigenvalue weighted by Crippen LogP contribution is 2.63. The van der Waals surface area contributed by atoms with Crippen LogP contribution in [0.15, 0.2) is 11.6 Å². The molecule has 4 aliphatic carbocycles. The van der Waals surface area contributed by atoms with E-state index in [2.05, 4.69) is 13.8 Å². The summed E-state index contributed by atoms with van der Waals surface area (Å²) in [6, 6.07) is 0. The molecule has 0 aromatic heterocycles. The van der Waals surface area contributed by atoms with Gasteiger partial charge in [0, 0.05) is 18.3 Å². The number of fused-ring (bicyclic) bond motifs is 5. The molecule has 5 atom stereocenters. The molecule has 0 aromatic carbocycles. The number of carbonyl (C=O) groups is 2. The first-order valence-electron chi connectivity index (χ1n) is 9.22. The summed E-state index contributed by atoms with van der Waals surface area (Å²) in [6.07, 6.45) is 11.4. The lowest BCUT2D eigenvalue weighted by Gasteiger charge is -2.59.